The predicted molar refractivity (Wildman–Crippen MR) is 91.6 cm³/mol. The Balaban J connectivity index is 1.56. The Labute approximate surface area is 147 Å². The lowest BCUT2D eigenvalue weighted by Gasteiger charge is -2.35. The van der Waals surface area contributed by atoms with Crippen molar-refractivity contribution in [1.29, 1.82) is 0 Å². The predicted octanol–water partition coefficient (Wildman–Crippen LogP) is 2.90. The molecular formula is C19H25NO5. The molecule has 0 aromatic heterocycles. The highest BCUT2D eigenvalue weighted by atomic mass is 16.7. The second-order valence-corrected chi connectivity index (χ2v) is 7.00. The normalized spacial score (nSPS) is 26.0. The molecule has 1 amide bonds. The summed E-state index contributed by atoms with van der Waals surface area (Å²) in [6.45, 7) is 6.12. The third kappa shape index (κ3) is 3.89. The summed E-state index contributed by atoms with van der Waals surface area (Å²) in [5, 5.41) is 3.04. The van der Waals surface area contributed by atoms with Crippen molar-refractivity contribution < 1.29 is 23.8 Å². The van der Waals surface area contributed by atoms with Crippen LogP contribution in [0.3, 0.4) is 0 Å². The van der Waals surface area contributed by atoms with Gasteiger partial charge < -0.3 is 19.5 Å². The van der Waals surface area contributed by atoms with Gasteiger partial charge in [-0.25, -0.2) is 4.79 Å². The van der Waals surface area contributed by atoms with Gasteiger partial charge >= 0.3 is 5.97 Å². The highest BCUT2D eigenvalue weighted by Gasteiger charge is 2.30. The molecule has 6 nitrogen and oxygen atoms in total. The fraction of sp³-hybridized carbons (Fsp3) is 0.579. The van der Waals surface area contributed by atoms with Gasteiger partial charge in [0.05, 0.1) is 5.56 Å². The maximum Gasteiger partial charge on any atom is 0.339 e. The Morgan fingerprint density at radius 2 is 1.96 bits per heavy atom. The smallest absolute Gasteiger partial charge is 0.339 e. The number of carbonyl (C=O) groups excluding carboxylic acids is 2. The van der Waals surface area contributed by atoms with Crippen molar-refractivity contribution in [2.75, 3.05) is 6.79 Å². The Morgan fingerprint density at radius 1 is 1.20 bits per heavy atom. The topological polar surface area (TPSA) is 73.9 Å². The van der Waals surface area contributed by atoms with Crippen LogP contribution in [-0.4, -0.2) is 30.8 Å². The minimum absolute atomic E-state index is 0.142. The van der Waals surface area contributed by atoms with Crippen molar-refractivity contribution in [2.24, 2.45) is 11.8 Å². The third-order valence-electron chi connectivity index (χ3n) is 5.30. The molecule has 0 saturated heterocycles. The zero-order valence-electron chi connectivity index (χ0n) is 14.9. The number of carbonyl (C=O) groups is 2. The molecule has 0 spiro atoms. The van der Waals surface area contributed by atoms with Gasteiger partial charge in [-0.1, -0.05) is 26.7 Å². The number of fused-ring (bicyclic) bond motifs is 1. The summed E-state index contributed by atoms with van der Waals surface area (Å²) in [6, 6.07) is 4.98. The fourth-order valence-corrected chi connectivity index (χ4v) is 3.39. The molecule has 1 heterocycles. The molecule has 25 heavy (non-hydrogen) atoms. The van der Waals surface area contributed by atoms with E-state index < -0.39 is 12.1 Å². The van der Waals surface area contributed by atoms with E-state index in [-0.39, 0.29) is 18.7 Å². The van der Waals surface area contributed by atoms with Crippen molar-refractivity contribution in [3.05, 3.63) is 23.8 Å². The largest absolute Gasteiger partial charge is 0.454 e. The van der Waals surface area contributed by atoms with Crippen LogP contribution >= 0.6 is 0 Å². The Kier molecular flexibility index (Phi) is 5.16. The molecule has 1 N–H and O–H groups in total. The molecule has 0 radical (unpaired) electrons. The standard InChI is InChI=1S/C19H25NO5/c1-11-5-4-6-15(12(11)2)20-18(21)13(3)25-19(22)14-7-8-16-17(9-14)24-10-23-16/h7-9,11-13,15H,4-6,10H2,1-3H3,(H,20,21)/t11-,12+,13-,15+/m0/s1. The van der Waals surface area contributed by atoms with Crippen LogP contribution in [0.1, 0.15) is 50.4 Å². The van der Waals surface area contributed by atoms with Crippen LogP contribution in [0.4, 0.5) is 0 Å². The maximum absolute atomic E-state index is 12.4. The second kappa shape index (κ2) is 7.33. The summed E-state index contributed by atoms with van der Waals surface area (Å²) in [7, 11) is 0. The van der Waals surface area contributed by atoms with E-state index in [0.29, 0.717) is 28.9 Å². The Hall–Kier alpha value is -2.24. The number of ether oxygens (including phenoxy) is 3. The first-order chi connectivity index (χ1) is 12.0. The molecule has 1 aromatic rings. The van der Waals surface area contributed by atoms with Crippen molar-refractivity contribution >= 4 is 11.9 Å². The first kappa shape index (κ1) is 17.6. The zero-order chi connectivity index (χ0) is 18.0. The Morgan fingerprint density at radius 3 is 2.76 bits per heavy atom. The molecule has 1 aliphatic heterocycles. The van der Waals surface area contributed by atoms with Crippen LogP contribution in [0.25, 0.3) is 0 Å². The second-order valence-electron chi connectivity index (χ2n) is 7.00. The number of amides is 1. The van der Waals surface area contributed by atoms with E-state index in [2.05, 4.69) is 19.2 Å². The summed E-state index contributed by atoms with van der Waals surface area (Å²) in [6.07, 6.45) is 2.44. The van der Waals surface area contributed by atoms with Gasteiger partial charge in [0.25, 0.3) is 5.91 Å². The van der Waals surface area contributed by atoms with Gasteiger partial charge in [-0.2, -0.15) is 0 Å². The molecule has 3 rings (SSSR count). The van der Waals surface area contributed by atoms with Gasteiger partial charge in [0, 0.05) is 6.04 Å². The van der Waals surface area contributed by atoms with Gasteiger partial charge in [0.2, 0.25) is 6.79 Å². The summed E-state index contributed by atoms with van der Waals surface area (Å²) in [5.74, 6) is 1.32. The minimum atomic E-state index is -0.845. The molecule has 1 aromatic carbocycles. The van der Waals surface area contributed by atoms with E-state index in [1.807, 2.05) is 0 Å². The van der Waals surface area contributed by atoms with E-state index in [1.54, 1.807) is 25.1 Å². The fourth-order valence-electron chi connectivity index (χ4n) is 3.39. The lowest BCUT2D eigenvalue weighted by Crippen LogP contribution is -2.47. The lowest BCUT2D eigenvalue weighted by molar-refractivity contribution is -0.130. The highest BCUT2D eigenvalue weighted by Crippen LogP contribution is 2.33. The molecule has 1 aliphatic carbocycles. The molecule has 0 bridgehead atoms. The monoisotopic (exact) mass is 347 g/mol. The number of esters is 1. The highest BCUT2D eigenvalue weighted by molar-refractivity contribution is 5.93. The van der Waals surface area contributed by atoms with Crippen LogP contribution in [-0.2, 0) is 9.53 Å². The van der Waals surface area contributed by atoms with Crippen LogP contribution < -0.4 is 14.8 Å². The van der Waals surface area contributed by atoms with Crippen LogP contribution in [0, 0.1) is 11.8 Å². The van der Waals surface area contributed by atoms with E-state index in [4.69, 9.17) is 14.2 Å². The van der Waals surface area contributed by atoms with Crippen molar-refractivity contribution in [1.82, 2.24) is 5.32 Å². The molecule has 1 saturated carbocycles. The molecule has 2 aliphatic rings. The van der Waals surface area contributed by atoms with Gasteiger partial charge in [-0.3, -0.25) is 4.79 Å². The number of benzene rings is 1. The number of rotatable bonds is 4. The van der Waals surface area contributed by atoms with E-state index in [1.165, 1.54) is 6.42 Å². The number of nitrogens with one attached hydrogen (secondary N) is 1. The first-order valence-corrected chi connectivity index (χ1v) is 8.86. The molecule has 1 fully saturated rings. The third-order valence-corrected chi connectivity index (χ3v) is 5.30. The maximum atomic E-state index is 12.4. The van der Waals surface area contributed by atoms with Gasteiger partial charge in [0.15, 0.2) is 17.6 Å². The zero-order valence-corrected chi connectivity index (χ0v) is 14.9. The molecule has 0 unspecified atom stereocenters. The van der Waals surface area contributed by atoms with Gasteiger partial charge in [-0.15, -0.1) is 0 Å². The van der Waals surface area contributed by atoms with Crippen molar-refractivity contribution in [2.45, 2.75) is 52.2 Å². The summed E-state index contributed by atoms with van der Waals surface area (Å²) in [4.78, 5) is 24.7. The molecule has 4 atom stereocenters. The molecule has 136 valence electrons. The first-order valence-electron chi connectivity index (χ1n) is 8.86. The molecule has 6 heteroatoms. The molecular weight excluding hydrogens is 322 g/mol. The van der Waals surface area contributed by atoms with Crippen LogP contribution in [0.2, 0.25) is 0 Å². The average Bonchev–Trinajstić information content (AvgIpc) is 3.06. The van der Waals surface area contributed by atoms with Gasteiger partial charge in [0.1, 0.15) is 0 Å². The van der Waals surface area contributed by atoms with Crippen molar-refractivity contribution in [3.63, 3.8) is 0 Å². The SMILES string of the molecule is C[C@@H]1[C@@H](C)CCC[C@H]1NC(=O)[C@H](C)OC(=O)c1ccc2c(c1)OCO2. The Bertz CT molecular complexity index is 659. The van der Waals surface area contributed by atoms with Gasteiger partial charge in [-0.05, 0) is 43.4 Å². The summed E-state index contributed by atoms with van der Waals surface area (Å²) >= 11 is 0. The van der Waals surface area contributed by atoms with Crippen molar-refractivity contribution in [3.8, 4) is 11.5 Å². The van der Waals surface area contributed by atoms with Crippen LogP contribution in [0.15, 0.2) is 18.2 Å². The average molecular weight is 347 g/mol. The summed E-state index contributed by atoms with van der Waals surface area (Å²) in [5.41, 5.74) is 0.337. The van der Waals surface area contributed by atoms with E-state index >= 15 is 0 Å². The van der Waals surface area contributed by atoms with Crippen LogP contribution in [0.5, 0.6) is 11.5 Å². The quantitative estimate of drug-likeness (QED) is 0.848. The van der Waals surface area contributed by atoms with E-state index in [9.17, 15) is 9.59 Å². The lowest BCUT2D eigenvalue weighted by atomic mass is 9.78. The minimum Gasteiger partial charge on any atom is -0.454 e. The number of hydrogen-bond donors (Lipinski definition) is 1. The van der Waals surface area contributed by atoms with E-state index in [0.717, 1.165) is 12.8 Å². The summed E-state index contributed by atoms with van der Waals surface area (Å²) < 4.78 is 15.8. The number of hydrogen-bond acceptors (Lipinski definition) is 5.